The lowest BCUT2D eigenvalue weighted by atomic mass is 10.2. The van der Waals surface area contributed by atoms with Crippen molar-refractivity contribution in [2.75, 3.05) is 6.54 Å². The van der Waals surface area contributed by atoms with E-state index in [4.69, 9.17) is 16.9 Å². The van der Waals surface area contributed by atoms with E-state index in [1.54, 1.807) is 6.08 Å². The van der Waals surface area contributed by atoms with E-state index in [0.717, 1.165) is 19.3 Å². The molecule has 0 saturated heterocycles. The highest BCUT2D eigenvalue weighted by Crippen LogP contribution is 1.94. The maximum absolute atomic E-state index is 10.3. The quantitative estimate of drug-likeness (QED) is 0.221. The van der Waals surface area contributed by atoms with Crippen LogP contribution in [0.1, 0.15) is 19.3 Å². The van der Waals surface area contributed by atoms with Gasteiger partial charge in [0.2, 0.25) is 5.91 Å². The van der Waals surface area contributed by atoms with Crippen molar-refractivity contribution in [1.29, 1.82) is 5.41 Å². The smallest absolute Gasteiger partial charge is 0.241 e. The van der Waals surface area contributed by atoms with E-state index in [0.29, 0.717) is 6.54 Å². The lowest BCUT2D eigenvalue weighted by Gasteiger charge is -2.00. The van der Waals surface area contributed by atoms with Gasteiger partial charge in [-0.15, -0.1) is 12.4 Å². The molecule has 0 aromatic carbocycles. The fourth-order valence-electron chi connectivity index (χ4n) is 0.810. The Balaban J connectivity index is 0. The van der Waals surface area contributed by atoms with Crippen LogP contribution in [0.4, 0.5) is 0 Å². The first kappa shape index (κ1) is 15.3. The van der Waals surface area contributed by atoms with Gasteiger partial charge in [-0.2, -0.15) is 0 Å². The number of amides is 1. The first-order chi connectivity index (χ1) is 6.13. The van der Waals surface area contributed by atoms with E-state index >= 15 is 0 Å². The van der Waals surface area contributed by atoms with Crippen LogP contribution in [0.3, 0.4) is 0 Å². The summed E-state index contributed by atoms with van der Waals surface area (Å²) >= 11 is 0. The average molecular weight is 221 g/mol. The van der Waals surface area contributed by atoms with E-state index in [1.165, 1.54) is 6.08 Å². The van der Waals surface area contributed by atoms with Crippen LogP contribution in [0.15, 0.2) is 12.2 Å². The summed E-state index contributed by atoms with van der Waals surface area (Å²) in [7, 11) is 0. The summed E-state index contributed by atoms with van der Waals surface area (Å²) in [6, 6.07) is 0. The number of allylic oxidation sites excluding steroid dienone is 1. The summed E-state index contributed by atoms with van der Waals surface area (Å²) in [5.41, 5.74) is 9.96. The molecule has 0 aliphatic rings. The molecule has 0 fully saturated rings. The standard InChI is InChI=1S/C8H16N4O.ClH/c9-7(13)5-3-1-2-4-6-12-8(10)11;/h3,5H,1-2,4,6H2,(H2,9,13)(H4,10,11,12);1H/b5-3+;. The zero-order valence-corrected chi connectivity index (χ0v) is 8.77. The van der Waals surface area contributed by atoms with Gasteiger partial charge in [-0.05, 0) is 25.3 Å². The van der Waals surface area contributed by atoms with E-state index < -0.39 is 5.91 Å². The SMILES string of the molecule is Cl.N=C(N)NCCCC/C=C/C(N)=O. The van der Waals surface area contributed by atoms with Crippen LogP contribution in [0.5, 0.6) is 0 Å². The Bertz CT molecular complexity index is 206. The molecule has 0 aliphatic carbocycles. The van der Waals surface area contributed by atoms with Crippen molar-refractivity contribution in [2.24, 2.45) is 11.5 Å². The van der Waals surface area contributed by atoms with Crippen molar-refractivity contribution in [3.8, 4) is 0 Å². The topological polar surface area (TPSA) is 105 Å². The number of carbonyl (C=O) groups is 1. The van der Waals surface area contributed by atoms with Gasteiger partial charge in [-0.25, -0.2) is 0 Å². The van der Waals surface area contributed by atoms with Gasteiger partial charge in [0.1, 0.15) is 0 Å². The number of nitrogens with two attached hydrogens (primary N) is 2. The number of carbonyl (C=O) groups excluding carboxylic acids is 1. The Morgan fingerprint density at radius 1 is 1.36 bits per heavy atom. The number of primary amides is 1. The summed E-state index contributed by atoms with van der Waals surface area (Å²) in [5, 5.41) is 9.55. The fraction of sp³-hybridized carbons (Fsp3) is 0.500. The molecule has 6 N–H and O–H groups in total. The second kappa shape index (κ2) is 9.85. The van der Waals surface area contributed by atoms with Crippen LogP contribution in [0.2, 0.25) is 0 Å². The molecule has 14 heavy (non-hydrogen) atoms. The minimum Gasteiger partial charge on any atom is -0.370 e. The van der Waals surface area contributed by atoms with Gasteiger partial charge in [0.25, 0.3) is 0 Å². The molecular weight excluding hydrogens is 204 g/mol. The summed E-state index contributed by atoms with van der Waals surface area (Å²) in [4.78, 5) is 10.3. The second-order valence-corrected chi connectivity index (χ2v) is 2.64. The number of rotatable bonds is 6. The summed E-state index contributed by atoms with van der Waals surface area (Å²) < 4.78 is 0. The van der Waals surface area contributed by atoms with E-state index in [9.17, 15) is 4.79 Å². The number of hydrogen-bond donors (Lipinski definition) is 4. The molecule has 0 aliphatic heterocycles. The van der Waals surface area contributed by atoms with Gasteiger partial charge in [0.15, 0.2) is 5.96 Å². The molecule has 0 radical (unpaired) electrons. The number of hydrogen-bond acceptors (Lipinski definition) is 2. The Labute approximate surface area is 89.8 Å². The number of unbranched alkanes of at least 4 members (excludes halogenated alkanes) is 2. The molecule has 0 rings (SSSR count). The zero-order chi connectivity index (χ0) is 10.1. The Hall–Kier alpha value is -1.23. The molecule has 6 heteroatoms. The molecule has 0 unspecified atom stereocenters. The molecular formula is C8H17ClN4O. The predicted molar refractivity (Wildman–Crippen MR) is 59.4 cm³/mol. The van der Waals surface area contributed by atoms with Crippen LogP contribution in [-0.4, -0.2) is 18.4 Å². The maximum Gasteiger partial charge on any atom is 0.241 e. The van der Waals surface area contributed by atoms with Gasteiger partial charge in [0.05, 0.1) is 0 Å². The first-order valence-electron chi connectivity index (χ1n) is 4.17. The Kier molecular flexibility index (Phi) is 10.7. The van der Waals surface area contributed by atoms with Gasteiger partial charge in [-0.1, -0.05) is 6.08 Å². The van der Waals surface area contributed by atoms with Crippen LogP contribution in [0.25, 0.3) is 0 Å². The molecule has 0 spiro atoms. The molecule has 0 bridgehead atoms. The number of nitrogens with one attached hydrogen (secondary N) is 2. The van der Waals surface area contributed by atoms with Crippen LogP contribution < -0.4 is 16.8 Å². The van der Waals surface area contributed by atoms with Crippen LogP contribution >= 0.6 is 12.4 Å². The predicted octanol–water partition coefficient (Wildman–Crippen LogP) is 0.103. The average Bonchev–Trinajstić information content (AvgIpc) is 2.01. The van der Waals surface area contributed by atoms with E-state index in [1.807, 2.05) is 0 Å². The summed E-state index contributed by atoms with van der Waals surface area (Å²) in [5.74, 6) is -0.422. The highest BCUT2D eigenvalue weighted by atomic mass is 35.5. The van der Waals surface area contributed by atoms with Crippen molar-refractivity contribution < 1.29 is 4.79 Å². The van der Waals surface area contributed by atoms with Gasteiger partial charge < -0.3 is 16.8 Å². The Morgan fingerprint density at radius 3 is 2.50 bits per heavy atom. The lowest BCUT2D eigenvalue weighted by molar-refractivity contribution is -0.113. The molecule has 0 saturated carbocycles. The highest BCUT2D eigenvalue weighted by Gasteiger charge is 1.88. The molecule has 82 valence electrons. The van der Waals surface area contributed by atoms with Crippen LogP contribution in [0, 0.1) is 5.41 Å². The number of guanidine groups is 1. The fourth-order valence-corrected chi connectivity index (χ4v) is 0.810. The van der Waals surface area contributed by atoms with E-state index in [-0.39, 0.29) is 18.4 Å². The third-order valence-electron chi connectivity index (χ3n) is 1.40. The van der Waals surface area contributed by atoms with Crippen molar-refractivity contribution in [3.63, 3.8) is 0 Å². The van der Waals surface area contributed by atoms with E-state index in [2.05, 4.69) is 5.32 Å². The summed E-state index contributed by atoms with van der Waals surface area (Å²) in [6.45, 7) is 0.694. The summed E-state index contributed by atoms with van der Waals surface area (Å²) in [6.07, 6.45) is 5.80. The third kappa shape index (κ3) is 13.4. The molecule has 0 heterocycles. The minimum atomic E-state index is -0.415. The van der Waals surface area contributed by atoms with Crippen molar-refractivity contribution >= 4 is 24.3 Å². The van der Waals surface area contributed by atoms with Crippen molar-refractivity contribution in [1.82, 2.24) is 5.32 Å². The number of halogens is 1. The lowest BCUT2D eigenvalue weighted by Crippen LogP contribution is -2.30. The largest absolute Gasteiger partial charge is 0.370 e. The van der Waals surface area contributed by atoms with Crippen LogP contribution in [-0.2, 0) is 4.79 Å². The first-order valence-corrected chi connectivity index (χ1v) is 4.17. The van der Waals surface area contributed by atoms with Gasteiger partial charge in [-0.3, -0.25) is 10.2 Å². The third-order valence-corrected chi connectivity index (χ3v) is 1.40. The monoisotopic (exact) mass is 220 g/mol. The molecule has 0 aromatic heterocycles. The molecule has 0 aromatic rings. The van der Waals surface area contributed by atoms with Gasteiger partial charge in [0, 0.05) is 6.54 Å². The maximum atomic E-state index is 10.3. The zero-order valence-electron chi connectivity index (χ0n) is 7.95. The minimum absolute atomic E-state index is 0. The van der Waals surface area contributed by atoms with Gasteiger partial charge >= 0.3 is 0 Å². The molecule has 5 nitrogen and oxygen atoms in total. The Morgan fingerprint density at radius 2 is 2.00 bits per heavy atom. The highest BCUT2D eigenvalue weighted by molar-refractivity contribution is 5.85. The molecule has 1 amide bonds. The van der Waals surface area contributed by atoms with Crippen molar-refractivity contribution in [3.05, 3.63) is 12.2 Å². The molecule has 0 atom stereocenters. The van der Waals surface area contributed by atoms with Crippen molar-refractivity contribution in [2.45, 2.75) is 19.3 Å². The second-order valence-electron chi connectivity index (χ2n) is 2.64. The normalized spacial score (nSPS) is 9.43.